The van der Waals surface area contributed by atoms with Crippen molar-refractivity contribution in [2.75, 3.05) is 33.9 Å². The minimum Gasteiger partial charge on any atom is -0.490 e. The highest BCUT2D eigenvalue weighted by molar-refractivity contribution is 5.27. The van der Waals surface area contributed by atoms with E-state index in [0.29, 0.717) is 6.10 Å². The molecule has 0 amide bonds. The van der Waals surface area contributed by atoms with Crippen LogP contribution in [-0.2, 0) is 11.2 Å². The van der Waals surface area contributed by atoms with Crippen molar-refractivity contribution in [3.05, 3.63) is 29.8 Å². The Balaban J connectivity index is 1.77. The first-order chi connectivity index (χ1) is 9.24. The Hall–Kier alpha value is -1.06. The number of hydrogen-bond acceptors (Lipinski definition) is 3. The van der Waals surface area contributed by atoms with Crippen molar-refractivity contribution in [2.45, 2.75) is 31.8 Å². The van der Waals surface area contributed by atoms with Gasteiger partial charge in [0.15, 0.2) is 0 Å². The fourth-order valence-electron chi connectivity index (χ4n) is 2.32. The van der Waals surface area contributed by atoms with Crippen LogP contribution in [0.4, 0.5) is 0 Å². The molecule has 0 aliphatic carbocycles. The number of hydrogen-bond donors (Lipinski definition) is 0. The van der Waals surface area contributed by atoms with Crippen LogP contribution in [0.5, 0.6) is 5.75 Å². The van der Waals surface area contributed by atoms with E-state index in [-0.39, 0.29) is 0 Å². The van der Waals surface area contributed by atoms with Crippen LogP contribution in [0.1, 0.15) is 24.8 Å². The molecule has 106 valence electrons. The molecule has 3 heteroatoms. The Morgan fingerprint density at radius 3 is 2.47 bits per heavy atom. The Morgan fingerprint density at radius 1 is 1.16 bits per heavy atom. The largest absolute Gasteiger partial charge is 0.490 e. The third-order valence-corrected chi connectivity index (χ3v) is 3.47. The zero-order chi connectivity index (χ0) is 13.5. The molecule has 19 heavy (non-hydrogen) atoms. The number of ether oxygens (including phenoxy) is 2. The van der Waals surface area contributed by atoms with Gasteiger partial charge in [-0.15, -0.1) is 0 Å². The van der Waals surface area contributed by atoms with Gasteiger partial charge in [-0.2, -0.15) is 0 Å². The van der Waals surface area contributed by atoms with Crippen LogP contribution in [-0.4, -0.2) is 44.9 Å². The zero-order valence-electron chi connectivity index (χ0n) is 12.1. The van der Waals surface area contributed by atoms with E-state index >= 15 is 0 Å². The molecule has 3 nitrogen and oxygen atoms in total. The van der Waals surface area contributed by atoms with Crippen molar-refractivity contribution < 1.29 is 9.47 Å². The van der Waals surface area contributed by atoms with E-state index in [1.807, 2.05) is 0 Å². The second-order valence-corrected chi connectivity index (χ2v) is 5.48. The normalized spacial score (nSPS) is 16.8. The molecule has 0 spiro atoms. The maximum Gasteiger partial charge on any atom is 0.119 e. The second-order valence-electron chi connectivity index (χ2n) is 5.48. The standard InChI is InChI=1S/C16H25NO2/c1-17(2)11-3-4-14-5-7-15(8-6-14)19-16-9-12-18-13-10-16/h5-8,16H,3-4,9-13H2,1-2H3. The van der Waals surface area contributed by atoms with Crippen molar-refractivity contribution in [3.8, 4) is 5.75 Å². The van der Waals surface area contributed by atoms with Gasteiger partial charge in [0.05, 0.1) is 13.2 Å². The summed E-state index contributed by atoms with van der Waals surface area (Å²) in [5.41, 5.74) is 1.39. The summed E-state index contributed by atoms with van der Waals surface area (Å²) in [5, 5.41) is 0. The van der Waals surface area contributed by atoms with E-state index in [1.54, 1.807) is 0 Å². The lowest BCUT2D eigenvalue weighted by molar-refractivity contribution is 0.0255. The molecule has 1 aliphatic heterocycles. The van der Waals surface area contributed by atoms with Gasteiger partial charge in [0.25, 0.3) is 0 Å². The summed E-state index contributed by atoms with van der Waals surface area (Å²) in [6, 6.07) is 8.57. The summed E-state index contributed by atoms with van der Waals surface area (Å²) in [5.74, 6) is 0.989. The Bertz CT molecular complexity index is 356. The fourth-order valence-corrected chi connectivity index (χ4v) is 2.32. The van der Waals surface area contributed by atoms with Gasteiger partial charge in [-0.05, 0) is 51.2 Å². The van der Waals surface area contributed by atoms with Crippen LogP contribution in [0.2, 0.25) is 0 Å². The molecule has 1 aliphatic rings. The first kappa shape index (κ1) is 14.4. The van der Waals surface area contributed by atoms with Gasteiger partial charge in [-0.1, -0.05) is 12.1 Å². The van der Waals surface area contributed by atoms with Gasteiger partial charge in [0, 0.05) is 12.8 Å². The average molecular weight is 263 g/mol. The second kappa shape index (κ2) is 7.51. The molecular weight excluding hydrogens is 238 g/mol. The SMILES string of the molecule is CN(C)CCCc1ccc(OC2CCOCC2)cc1. The lowest BCUT2D eigenvalue weighted by Crippen LogP contribution is -2.25. The van der Waals surface area contributed by atoms with Gasteiger partial charge >= 0.3 is 0 Å². The minimum absolute atomic E-state index is 0.327. The molecule has 0 saturated carbocycles. The van der Waals surface area contributed by atoms with E-state index in [4.69, 9.17) is 9.47 Å². The van der Waals surface area contributed by atoms with E-state index in [1.165, 1.54) is 12.0 Å². The smallest absolute Gasteiger partial charge is 0.119 e. The lowest BCUT2D eigenvalue weighted by atomic mass is 10.1. The molecule has 1 aromatic rings. The predicted octanol–water partition coefficient (Wildman–Crippen LogP) is 2.74. The van der Waals surface area contributed by atoms with Gasteiger partial charge in [0.1, 0.15) is 11.9 Å². The van der Waals surface area contributed by atoms with Crippen molar-refractivity contribution in [3.63, 3.8) is 0 Å². The van der Waals surface area contributed by atoms with Crippen LogP contribution in [0, 0.1) is 0 Å². The van der Waals surface area contributed by atoms with Crippen molar-refractivity contribution in [1.82, 2.24) is 4.90 Å². The monoisotopic (exact) mass is 263 g/mol. The summed E-state index contributed by atoms with van der Waals surface area (Å²) >= 11 is 0. The van der Waals surface area contributed by atoms with Gasteiger partial charge < -0.3 is 14.4 Å². The first-order valence-corrected chi connectivity index (χ1v) is 7.22. The van der Waals surface area contributed by atoms with Crippen LogP contribution in [0.3, 0.4) is 0 Å². The Morgan fingerprint density at radius 2 is 1.84 bits per heavy atom. The van der Waals surface area contributed by atoms with E-state index in [0.717, 1.165) is 44.8 Å². The van der Waals surface area contributed by atoms with Gasteiger partial charge in [-0.25, -0.2) is 0 Å². The first-order valence-electron chi connectivity index (χ1n) is 7.22. The van der Waals surface area contributed by atoms with Crippen LogP contribution >= 0.6 is 0 Å². The van der Waals surface area contributed by atoms with Crippen LogP contribution < -0.4 is 4.74 Å². The summed E-state index contributed by atoms with van der Waals surface area (Å²) in [7, 11) is 4.23. The van der Waals surface area contributed by atoms with E-state index in [2.05, 4.69) is 43.3 Å². The summed E-state index contributed by atoms with van der Waals surface area (Å²) < 4.78 is 11.3. The highest BCUT2D eigenvalue weighted by atomic mass is 16.5. The Kier molecular flexibility index (Phi) is 5.67. The van der Waals surface area contributed by atoms with Crippen molar-refractivity contribution in [1.29, 1.82) is 0 Å². The van der Waals surface area contributed by atoms with E-state index < -0.39 is 0 Å². The molecule has 1 heterocycles. The minimum atomic E-state index is 0.327. The summed E-state index contributed by atoms with van der Waals surface area (Å²) in [4.78, 5) is 2.22. The number of nitrogens with zero attached hydrogens (tertiary/aromatic N) is 1. The van der Waals surface area contributed by atoms with E-state index in [9.17, 15) is 0 Å². The van der Waals surface area contributed by atoms with Gasteiger partial charge in [-0.3, -0.25) is 0 Å². The van der Waals surface area contributed by atoms with Gasteiger partial charge in [0.2, 0.25) is 0 Å². The maximum atomic E-state index is 5.96. The highest BCUT2D eigenvalue weighted by Crippen LogP contribution is 2.19. The summed E-state index contributed by atoms with van der Waals surface area (Å²) in [6.07, 6.45) is 4.67. The number of rotatable bonds is 6. The molecular formula is C16H25NO2. The number of aryl methyl sites for hydroxylation is 1. The molecule has 1 aromatic carbocycles. The quantitative estimate of drug-likeness (QED) is 0.787. The molecule has 0 N–H and O–H groups in total. The van der Waals surface area contributed by atoms with Crippen molar-refractivity contribution >= 4 is 0 Å². The summed E-state index contributed by atoms with van der Waals surface area (Å²) in [6.45, 7) is 2.79. The Labute approximate surface area is 116 Å². The molecule has 0 bridgehead atoms. The number of benzene rings is 1. The average Bonchev–Trinajstić information content (AvgIpc) is 2.42. The zero-order valence-corrected chi connectivity index (χ0v) is 12.1. The van der Waals surface area contributed by atoms with Crippen LogP contribution in [0.25, 0.3) is 0 Å². The molecule has 2 rings (SSSR count). The van der Waals surface area contributed by atoms with Crippen LogP contribution in [0.15, 0.2) is 24.3 Å². The molecule has 0 atom stereocenters. The molecule has 0 radical (unpaired) electrons. The topological polar surface area (TPSA) is 21.7 Å². The molecule has 0 unspecified atom stereocenters. The fraction of sp³-hybridized carbons (Fsp3) is 0.625. The third-order valence-electron chi connectivity index (χ3n) is 3.47. The molecule has 1 saturated heterocycles. The third kappa shape index (κ3) is 5.21. The predicted molar refractivity (Wildman–Crippen MR) is 77.8 cm³/mol. The highest BCUT2D eigenvalue weighted by Gasteiger charge is 2.14. The molecule has 1 fully saturated rings. The lowest BCUT2D eigenvalue weighted by Gasteiger charge is -2.23. The molecule has 0 aromatic heterocycles. The van der Waals surface area contributed by atoms with Crippen molar-refractivity contribution in [2.24, 2.45) is 0 Å². The maximum absolute atomic E-state index is 5.96.